The number of aliphatic hydroxyl groups is 1. The van der Waals surface area contributed by atoms with Crippen LogP contribution in [0.5, 0.6) is 0 Å². The van der Waals surface area contributed by atoms with Crippen LogP contribution in [0.2, 0.25) is 0 Å². The van der Waals surface area contributed by atoms with Gasteiger partial charge in [-0.25, -0.2) is 0 Å². The molecule has 0 radical (unpaired) electrons. The van der Waals surface area contributed by atoms with Crippen LogP contribution in [-0.4, -0.2) is 71.8 Å². The van der Waals surface area contributed by atoms with E-state index in [0.717, 1.165) is 18.7 Å². The highest BCUT2D eigenvalue weighted by Crippen LogP contribution is 2.30. The summed E-state index contributed by atoms with van der Waals surface area (Å²) >= 11 is 0. The Morgan fingerprint density at radius 2 is 2.07 bits per heavy atom. The van der Waals surface area contributed by atoms with Crippen molar-refractivity contribution in [3.8, 4) is 6.07 Å². The summed E-state index contributed by atoms with van der Waals surface area (Å²) < 4.78 is 0. The highest BCUT2D eigenvalue weighted by molar-refractivity contribution is 5.92. The van der Waals surface area contributed by atoms with E-state index in [1.165, 1.54) is 0 Å². The van der Waals surface area contributed by atoms with E-state index in [4.69, 9.17) is 0 Å². The van der Waals surface area contributed by atoms with Gasteiger partial charge in [-0.05, 0) is 38.6 Å². The fourth-order valence-corrected chi connectivity index (χ4v) is 4.03. The van der Waals surface area contributed by atoms with E-state index in [0.29, 0.717) is 35.6 Å². The maximum atomic E-state index is 12.4. The number of nitrogens with zero attached hydrogens (tertiary/aromatic N) is 5. The molecule has 0 saturated carbocycles. The summed E-state index contributed by atoms with van der Waals surface area (Å²) in [4.78, 5) is 25.2. The van der Waals surface area contributed by atoms with Crippen LogP contribution in [0, 0.1) is 17.2 Å². The molecular weight excluding hydrogens is 368 g/mol. The summed E-state index contributed by atoms with van der Waals surface area (Å²) in [5, 5.41) is 22.4. The van der Waals surface area contributed by atoms with E-state index in [1.807, 2.05) is 25.1 Å². The molecule has 2 aromatic rings. The van der Waals surface area contributed by atoms with Gasteiger partial charge >= 0.3 is 0 Å². The van der Waals surface area contributed by atoms with Gasteiger partial charge in [0.05, 0.1) is 23.8 Å². The highest BCUT2D eigenvalue weighted by atomic mass is 16.3. The Kier molecular flexibility index (Phi) is 6.62. The third-order valence-corrected chi connectivity index (χ3v) is 5.09. The van der Waals surface area contributed by atoms with Crippen LogP contribution in [0.3, 0.4) is 0 Å². The first kappa shape index (κ1) is 21.0. The van der Waals surface area contributed by atoms with Gasteiger partial charge in [0.25, 0.3) is 0 Å². The van der Waals surface area contributed by atoms with Gasteiger partial charge in [0.1, 0.15) is 17.1 Å². The summed E-state index contributed by atoms with van der Waals surface area (Å²) in [7, 11) is 3.74. The van der Waals surface area contributed by atoms with Crippen molar-refractivity contribution in [2.45, 2.75) is 31.9 Å². The minimum absolute atomic E-state index is 0.0137. The monoisotopic (exact) mass is 396 g/mol. The van der Waals surface area contributed by atoms with E-state index in [9.17, 15) is 15.2 Å². The number of benzene rings is 1. The number of fused-ring (bicyclic) bond motifs is 1. The number of nitriles is 1. The molecule has 29 heavy (non-hydrogen) atoms. The van der Waals surface area contributed by atoms with Gasteiger partial charge in [-0.15, -0.1) is 0 Å². The Labute approximate surface area is 171 Å². The minimum atomic E-state index is -0.681. The number of carbonyl (C=O) groups is 1. The lowest BCUT2D eigenvalue weighted by Crippen LogP contribution is -2.51. The first-order valence-electron chi connectivity index (χ1n) is 9.88. The predicted octanol–water partition coefficient (Wildman–Crippen LogP) is 1.15. The number of amides is 1. The number of likely N-dealkylation sites (N-methyl/N-ethyl adjacent to an activating group) is 1. The topological polar surface area (TPSA) is 105 Å². The molecule has 1 aromatic carbocycles. The number of hydrogen-bond acceptors (Lipinski definition) is 7. The van der Waals surface area contributed by atoms with Crippen molar-refractivity contribution in [2.75, 3.05) is 38.6 Å². The Balaban J connectivity index is 1.75. The lowest BCUT2D eigenvalue weighted by atomic mass is 9.94. The lowest BCUT2D eigenvalue weighted by molar-refractivity contribution is -0.124. The maximum Gasteiger partial charge on any atom is 0.222 e. The third-order valence-electron chi connectivity index (χ3n) is 5.09. The summed E-state index contributed by atoms with van der Waals surface area (Å²) in [5.74, 6) is 0.242. The van der Waals surface area contributed by atoms with Crippen LogP contribution in [-0.2, 0) is 4.79 Å². The van der Waals surface area contributed by atoms with Gasteiger partial charge in [0.2, 0.25) is 5.91 Å². The van der Waals surface area contributed by atoms with E-state index >= 15 is 0 Å². The van der Waals surface area contributed by atoms with Gasteiger partial charge in [-0.3, -0.25) is 14.8 Å². The first-order valence-corrected chi connectivity index (χ1v) is 9.88. The average Bonchev–Trinajstić information content (AvgIpc) is 2.65. The Morgan fingerprint density at radius 1 is 1.34 bits per heavy atom. The number of aliphatic hydroxyl groups excluding tert-OH is 1. The van der Waals surface area contributed by atoms with Crippen LogP contribution < -0.4 is 10.2 Å². The number of anilines is 1. The average molecular weight is 396 g/mol. The summed E-state index contributed by atoms with van der Waals surface area (Å²) in [5.41, 5.74) is 2.72. The summed E-state index contributed by atoms with van der Waals surface area (Å²) in [6.07, 6.45) is 3.51. The van der Waals surface area contributed by atoms with Gasteiger partial charge in [-0.2, -0.15) is 5.26 Å². The van der Waals surface area contributed by atoms with Crippen molar-refractivity contribution < 1.29 is 9.90 Å². The molecule has 1 fully saturated rings. The second kappa shape index (κ2) is 9.16. The Bertz CT molecular complexity index is 910. The third kappa shape index (κ3) is 5.19. The molecule has 154 valence electrons. The first-order chi connectivity index (χ1) is 13.9. The van der Waals surface area contributed by atoms with Crippen LogP contribution >= 0.6 is 0 Å². The molecule has 1 aromatic heterocycles. The zero-order valence-electron chi connectivity index (χ0n) is 17.2. The van der Waals surface area contributed by atoms with Gasteiger partial charge in [0.15, 0.2) is 0 Å². The molecule has 3 rings (SSSR count). The van der Waals surface area contributed by atoms with E-state index in [-0.39, 0.29) is 18.4 Å². The summed E-state index contributed by atoms with van der Waals surface area (Å²) in [6.45, 7) is 4.10. The number of piperidine rings is 1. The van der Waals surface area contributed by atoms with Crippen molar-refractivity contribution in [1.29, 1.82) is 5.26 Å². The van der Waals surface area contributed by atoms with Gasteiger partial charge in [0, 0.05) is 38.1 Å². The zero-order chi connectivity index (χ0) is 21.0. The van der Waals surface area contributed by atoms with E-state index < -0.39 is 6.10 Å². The molecule has 8 heteroatoms. The molecule has 1 aliphatic rings. The molecule has 3 atom stereocenters. The predicted molar refractivity (Wildman–Crippen MR) is 111 cm³/mol. The van der Waals surface area contributed by atoms with E-state index in [1.54, 1.807) is 18.5 Å². The van der Waals surface area contributed by atoms with Crippen molar-refractivity contribution in [3.05, 3.63) is 30.1 Å². The molecule has 0 aliphatic carbocycles. The molecule has 1 saturated heterocycles. The molecular formula is C21H28N6O2. The quantitative estimate of drug-likeness (QED) is 0.754. The van der Waals surface area contributed by atoms with E-state index in [2.05, 4.69) is 33.2 Å². The van der Waals surface area contributed by atoms with Crippen LogP contribution in [0.4, 0.5) is 5.69 Å². The van der Waals surface area contributed by atoms with Crippen LogP contribution in [0.1, 0.15) is 25.3 Å². The normalized spacial score (nSPS) is 20.5. The Hall–Kier alpha value is -2.76. The fourth-order valence-electron chi connectivity index (χ4n) is 4.03. The van der Waals surface area contributed by atoms with Crippen LogP contribution in [0.15, 0.2) is 24.5 Å². The molecule has 8 nitrogen and oxygen atoms in total. The lowest BCUT2D eigenvalue weighted by Gasteiger charge is -2.38. The van der Waals surface area contributed by atoms with Crippen molar-refractivity contribution >= 4 is 22.6 Å². The number of nitrogens with one attached hydrogen (secondary N) is 1. The largest absolute Gasteiger partial charge is 0.391 e. The highest BCUT2D eigenvalue weighted by Gasteiger charge is 2.28. The second-order valence-electron chi connectivity index (χ2n) is 8.13. The van der Waals surface area contributed by atoms with Crippen LogP contribution in [0.25, 0.3) is 11.0 Å². The minimum Gasteiger partial charge on any atom is -0.391 e. The molecule has 2 heterocycles. The molecule has 1 aliphatic heterocycles. The molecule has 2 N–H and O–H groups in total. The fraction of sp³-hybridized carbons (Fsp3) is 0.524. The second-order valence-corrected chi connectivity index (χ2v) is 8.13. The van der Waals surface area contributed by atoms with Crippen molar-refractivity contribution in [3.63, 3.8) is 0 Å². The van der Waals surface area contributed by atoms with Crippen molar-refractivity contribution in [2.24, 2.45) is 5.92 Å². The van der Waals surface area contributed by atoms with Crippen molar-refractivity contribution in [1.82, 2.24) is 20.2 Å². The standard InChI is InChI=1S/C21H28N6O2/c1-14-8-16(25-19(29)9-17(28)13-26(2)3)12-27(11-14)18-5-4-15(10-22)20-21(18)24-7-6-23-20/h4-7,14,16-17,28H,8-9,11-13H2,1-3H3,(H,25,29)/t14-,16+,17-/m0/s1. The van der Waals surface area contributed by atoms with Gasteiger partial charge < -0.3 is 20.2 Å². The molecule has 0 spiro atoms. The molecule has 1 amide bonds. The smallest absolute Gasteiger partial charge is 0.222 e. The molecule has 0 bridgehead atoms. The number of aromatic nitrogens is 2. The SMILES string of the molecule is C[C@H]1C[C@@H](NC(=O)C[C@H](O)CN(C)C)CN(c2ccc(C#N)c3nccnc23)C1. The Morgan fingerprint density at radius 3 is 2.76 bits per heavy atom. The maximum absolute atomic E-state index is 12.4. The number of rotatable bonds is 6. The summed E-state index contributed by atoms with van der Waals surface area (Å²) in [6, 6.07) is 5.84. The van der Waals surface area contributed by atoms with Gasteiger partial charge in [-0.1, -0.05) is 6.92 Å². The number of carbonyl (C=O) groups excluding carboxylic acids is 1. The number of hydrogen-bond donors (Lipinski definition) is 2. The zero-order valence-corrected chi connectivity index (χ0v) is 17.2. The molecule has 0 unspecified atom stereocenters.